The molecule has 0 bridgehead atoms. The SMILES string of the molecule is CC1CN(C(=O)Nc2ccc(Cl)cc2)CCN1.Cl. The van der Waals surface area contributed by atoms with E-state index in [4.69, 9.17) is 11.6 Å². The van der Waals surface area contributed by atoms with Crippen LogP contribution < -0.4 is 10.6 Å². The Morgan fingerprint density at radius 2 is 2.11 bits per heavy atom. The van der Waals surface area contributed by atoms with Crippen molar-refractivity contribution in [2.75, 3.05) is 25.0 Å². The number of benzene rings is 1. The maximum atomic E-state index is 12.0. The highest BCUT2D eigenvalue weighted by Crippen LogP contribution is 2.14. The molecule has 1 aromatic rings. The molecule has 1 aromatic carbocycles. The van der Waals surface area contributed by atoms with Gasteiger partial charge in [-0.1, -0.05) is 11.6 Å². The Morgan fingerprint density at radius 3 is 2.72 bits per heavy atom. The number of anilines is 1. The fourth-order valence-electron chi connectivity index (χ4n) is 1.85. The van der Waals surface area contributed by atoms with Crippen molar-refractivity contribution < 1.29 is 4.79 Å². The summed E-state index contributed by atoms with van der Waals surface area (Å²) in [4.78, 5) is 13.8. The van der Waals surface area contributed by atoms with E-state index in [1.165, 1.54) is 0 Å². The second-order valence-corrected chi connectivity index (χ2v) is 4.67. The largest absolute Gasteiger partial charge is 0.322 e. The molecule has 2 rings (SSSR count). The normalized spacial score (nSPS) is 19.0. The summed E-state index contributed by atoms with van der Waals surface area (Å²) in [5, 5.41) is 6.82. The number of piperazine rings is 1. The van der Waals surface area contributed by atoms with E-state index in [9.17, 15) is 4.79 Å². The zero-order chi connectivity index (χ0) is 12.3. The van der Waals surface area contributed by atoms with Crippen molar-refractivity contribution in [1.29, 1.82) is 0 Å². The number of rotatable bonds is 1. The molecular formula is C12H17Cl2N3O. The summed E-state index contributed by atoms with van der Waals surface area (Å²) in [5.41, 5.74) is 0.769. The highest BCUT2D eigenvalue weighted by Gasteiger charge is 2.20. The minimum atomic E-state index is -0.0549. The summed E-state index contributed by atoms with van der Waals surface area (Å²) in [7, 11) is 0. The molecule has 1 aliphatic rings. The van der Waals surface area contributed by atoms with Gasteiger partial charge in [0.05, 0.1) is 0 Å². The molecule has 1 unspecified atom stereocenters. The first-order chi connectivity index (χ1) is 8.15. The van der Waals surface area contributed by atoms with Crippen molar-refractivity contribution >= 4 is 35.7 Å². The molecule has 1 heterocycles. The van der Waals surface area contributed by atoms with Gasteiger partial charge in [-0.3, -0.25) is 0 Å². The number of hydrogen-bond donors (Lipinski definition) is 2. The van der Waals surface area contributed by atoms with E-state index in [-0.39, 0.29) is 18.4 Å². The van der Waals surface area contributed by atoms with Gasteiger partial charge in [0.1, 0.15) is 0 Å². The Morgan fingerprint density at radius 1 is 1.44 bits per heavy atom. The van der Waals surface area contributed by atoms with Crippen LogP contribution in [-0.2, 0) is 0 Å². The first-order valence-corrected chi connectivity index (χ1v) is 6.08. The van der Waals surface area contributed by atoms with Gasteiger partial charge in [-0.2, -0.15) is 0 Å². The molecule has 1 atom stereocenters. The molecule has 0 radical (unpaired) electrons. The second kappa shape index (κ2) is 6.83. The predicted molar refractivity (Wildman–Crippen MR) is 76.8 cm³/mol. The van der Waals surface area contributed by atoms with Gasteiger partial charge in [0, 0.05) is 36.4 Å². The average molecular weight is 290 g/mol. The molecule has 18 heavy (non-hydrogen) atoms. The lowest BCUT2D eigenvalue weighted by molar-refractivity contribution is 0.192. The molecule has 4 nitrogen and oxygen atoms in total. The Labute approximate surface area is 118 Å². The highest BCUT2D eigenvalue weighted by atomic mass is 35.5. The Kier molecular flexibility index (Phi) is 5.72. The number of hydrogen-bond acceptors (Lipinski definition) is 2. The second-order valence-electron chi connectivity index (χ2n) is 4.24. The van der Waals surface area contributed by atoms with Crippen molar-refractivity contribution in [2.24, 2.45) is 0 Å². The Hall–Kier alpha value is -0.970. The molecule has 0 saturated carbocycles. The minimum absolute atomic E-state index is 0. The van der Waals surface area contributed by atoms with Gasteiger partial charge >= 0.3 is 6.03 Å². The van der Waals surface area contributed by atoms with E-state index in [2.05, 4.69) is 17.6 Å². The molecule has 6 heteroatoms. The van der Waals surface area contributed by atoms with Crippen LogP contribution in [0, 0.1) is 0 Å². The number of amides is 2. The fourth-order valence-corrected chi connectivity index (χ4v) is 1.98. The number of carbonyl (C=O) groups excluding carboxylic acids is 1. The van der Waals surface area contributed by atoms with Crippen LogP contribution in [0.4, 0.5) is 10.5 Å². The van der Waals surface area contributed by atoms with Gasteiger partial charge < -0.3 is 15.5 Å². The zero-order valence-corrected chi connectivity index (χ0v) is 11.7. The first-order valence-electron chi connectivity index (χ1n) is 5.70. The van der Waals surface area contributed by atoms with E-state index in [0.29, 0.717) is 11.1 Å². The van der Waals surface area contributed by atoms with Crippen LogP contribution >= 0.6 is 24.0 Å². The van der Waals surface area contributed by atoms with E-state index in [0.717, 1.165) is 25.3 Å². The van der Waals surface area contributed by atoms with Crippen LogP contribution in [0.5, 0.6) is 0 Å². The number of urea groups is 1. The van der Waals surface area contributed by atoms with Crippen molar-refractivity contribution in [2.45, 2.75) is 13.0 Å². The minimum Gasteiger partial charge on any atom is -0.322 e. The van der Waals surface area contributed by atoms with E-state index in [1.807, 2.05) is 4.90 Å². The zero-order valence-electron chi connectivity index (χ0n) is 10.1. The van der Waals surface area contributed by atoms with Crippen LogP contribution in [0.1, 0.15) is 6.92 Å². The molecule has 0 aromatic heterocycles. The molecule has 0 aliphatic carbocycles. The summed E-state index contributed by atoms with van der Waals surface area (Å²) in [6.07, 6.45) is 0. The Balaban J connectivity index is 0.00000162. The quantitative estimate of drug-likeness (QED) is 0.835. The number of nitrogens with zero attached hydrogens (tertiary/aromatic N) is 1. The van der Waals surface area contributed by atoms with Gasteiger partial charge in [-0.15, -0.1) is 12.4 Å². The van der Waals surface area contributed by atoms with Gasteiger partial charge in [0.15, 0.2) is 0 Å². The Bertz CT molecular complexity index is 397. The lowest BCUT2D eigenvalue weighted by atomic mass is 10.2. The van der Waals surface area contributed by atoms with E-state index < -0.39 is 0 Å². The molecule has 1 fully saturated rings. The molecular weight excluding hydrogens is 273 g/mol. The molecule has 0 spiro atoms. The van der Waals surface area contributed by atoms with Crippen LogP contribution in [0.2, 0.25) is 5.02 Å². The average Bonchev–Trinajstić information content (AvgIpc) is 2.32. The monoisotopic (exact) mass is 289 g/mol. The topological polar surface area (TPSA) is 44.4 Å². The van der Waals surface area contributed by atoms with Crippen LogP contribution in [0.3, 0.4) is 0 Å². The molecule has 1 aliphatic heterocycles. The third-order valence-corrected chi connectivity index (χ3v) is 3.00. The molecule has 2 N–H and O–H groups in total. The number of halogens is 2. The summed E-state index contributed by atoms with van der Waals surface area (Å²) >= 11 is 5.78. The lowest BCUT2D eigenvalue weighted by Crippen LogP contribution is -2.52. The summed E-state index contributed by atoms with van der Waals surface area (Å²) in [6.45, 7) is 4.39. The van der Waals surface area contributed by atoms with Crippen molar-refractivity contribution in [3.63, 3.8) is 0 Å². The van der Waals surface area contributed by atoms with Crippen LogP contribution in [0.15, 0.2) is 24.3 Å². The fraction of sp³-hybridized carbons (Fsp3) is 0.417. The third-order valence-electron chi connectivity index (χ3n) is 2.75. The summed E-state index contributed by atoms with van der Waals surface area (Å²) in [5.74, 6) is 0. The smallest absolute Gasteiger partial charge is 0.321 e. The molecule has 100 valence electrons. The lowest BCUT2D eigenvalue weighted by Gasteiger charge is -2.31. The maximum Gasteiger partial charge on any atom is 0.321 e. The summed E-state index contributed by atoms with van der Waals surface area (Å²) < 4.78 is 0. The third kappa shape index (κ3) is 4.05. The molecule has 2 amide bonds. The standard InChI is InChI=1S/C12H16ClN3O.ClH/c1-9-8-16(7-6-14-9)12(17)15-11-4-2-10(13)3-5-11;/h2-5,9,14H,6-8H2,1H3,(H,15,17);1H. The van der Waals surface area contributed by atoms with Gasteiger partial charge in [-0.05, 0) is 31.2 Å². The molecule has 1 saturated heterocycles. The predicted octanol–water partition coefficient (Wildman–Crippen LogP) is 2.59. The summed E-state index contributed by atoms with van der Waals surface area (Å²) in [6, 6.07) is 7.41. The van der Waals surface area contributed by atoms with Gasteiger partial charge in [0.2, 0.25) is 0 Å². The van der Waals surface area contributed by atoms with Gasteiger partial charge in [0.25, 0.3) is 0 Å². The van der Waals surface area contributed by atoms with Crippen LogP contribution in [-0.4, -0.2) is 36.6 Å². The maximum absolute atomic E-state index is 12.0. The van der Waals surface area contributed by atoms with E-state index in [1.54, 1.807) is 24.3 Å². The first kappa shape index (κ1) is 15.1. The van der Waals surface area contributed by atoms with Crippen LogP contribution in [0.25, 0.3) is 0 Å². The van der Waals surface area contributed by atoms with Gasteiger partial charge in [-0.25, -0.2) is 4.79 Å². The number of nitrogens with one attached hydrogen (secondary N) is 2. The highest BCUT2D eigenvalue weighted by molar-refractivity contribution is 6.30. The van der Waals surface area contributed by atoms with Crippen molar-refractivity contribution in [3.05, 3.63) is 29.3 Å². The number of carbonyl (C=O) groups is 1. The van der Waals surface area contributed by atoms with Crippen molar-refractivity contribution in [1.82, 2.24) is 10.2 Å². The van der Waals surface area contributed by atoms with Crippen molar-refractivity contribution in [3.8, 4) is 0 Å². The van der Waals surface area contributed by atoms with E-state index >= 15 is 0 Å².